The lowest BCUT2D eigenvalue weighted by atomic mass is 10.1. The molecule has 1 heterocycles. The number of carboxylic acids is 1. The normalized spacial score (nSPS) is 16.9. The van der Waals surface area contributed by atoms with E-state index in [1.165, 1.54) is 0 Å². The van der Waals surface area contributed by atoms with Crippen molar-refractivity contribution in [1.82, 2.24) is 0 Å². The molecule has 0 radical (unpaired) electrons. The van der Waals surface area contributed by atoms with Crippen LogP contribution in [0.2, 0.25) is 0 Å². The Labute approximate surface area is 109 Å². The van der Waals surface area contributed by atoms with Gasteiger partial charge in [-0.05, 0) is 17.7 Å². The van der Waals surface area contributed by atoms with E-state index in [4.69, 9.17) is 14.6 Å². The lowest BCUT2D eigenvalue weighted by Crippen LogP contribution is -2.17. The maximum absolute atomic E-state index is 10.8. The van der Waals surface area contributed by atoms with E-state index in [0.29, 0.717) is 11.5 Å². The van der Waals surface area contributed by atoms with Gasteiger partial charge in [-0.3, -0.25) is 4.79 Å². The Balaban J connectivity index is 2.24. The highest BCUT2D eigenvalue weighted by Crippen LogP contribution is 2.38. The van der Waals surface area contributed by atoms with Gasteiger partial charge in [0, 0.05) is 0 Å². The van der Waals surface area contributed by atoms with Crippen molar-refractivity contribution in [2.24, 2.45) is 0 Å². The van der Waals surface area contributed by atoms with E-state index in [0.717, 1.165) is 5.56 Å². The molecule has 1 aromatic rings. The lowest BCUT2D eigenvalue weighted by molar-refractivity contribution is -0.136. The molecule has 2 rings (SSSR count). The van der Waals surface area contributed by atoms with Crippen LogP contribution in [0.4, 0.5) is 0 Å². The zero-order valence-electron chi connectivity index (χ0n) is 8.02. The molecule has 0 amide bonds. The number of rotatable bonds is 3. The summed E-state index contributed by atoms with van der Waals surface area (Å²) in [5, 5.41) is 8.87. The summed E-state index contributed by atoms with van der Waals surface area (Å²) in [5.41, 5.74) is 0.827. The highest BCUT2D eigenvalue weighted by atomic mass is 79.9. The minimum absolute atomic E-state index is 0.211. The Kier molecular flexibility index (Phi) is 3.39. The SMILES string of the molecule is O=C(O)C(Br)C(Br)c1ccc2c(c1)OCO2. The van der Waals surface area contributed by atoms with Crippen molar-refractivity contribution in [3.8, 4) is 11.5 Å². The van der Waals surface area contributed by atoms with Gasteiger partial charge in [0.15, 0.2) is 11.5 Å². The van der Waals surface area contributed by atoms with E-state index in [1.807, 2.05) is 6.07 Å². The van der Waals surface area contributed by atoms with Crippen LogP contribution in [-0.2, 0) is 4.79 Å². The average Bonchev–Trinajstić information content (AvgIpc) is 2.73. The molecule has 0 saturated heterocycles. The second kappa shape index (κ2) is 4.63. The predicted octanol–water partition coefficient (Wildman–Crippen LogP) is 2.70. The molecule has 0 fully saturated rings. The van der Waals surface area contributed by atoms with Crippen LogP contribution in [0, 0.1) is 0 Å². The fraction of sp³-hybridized carbons (Fsp3) is 0.300. The first-order valence-electron chi connectivity index (χ1n) is 4.50. The second-order valence-corrected chi connectivity index (χ2v) is 5.23. The van der Waals surface area contributed by atoms with Crippen LogP contribution in [0.5, 0.6) is 11.5 Å². The predicted molar refractivity (Wildman–Crippen MR) is 64.6 cm³/mol. The highest BCUT2D eigenvalue weighted by molar-refractivity contribution is 9.12. The fourth-order valence-electron chi connectivity index (χ4n) is 1.38. The van der Waals surface area contributed by atoms with Gasteiger partial charge >= 0.3 is 5.97 Å². The number of benzene rings is 1. The maximum atomic E-state index is 10.8. The first kappa shape index (κ1) is 11.7. The van der Waals surface area contributed by atoms with Gasteiger partial charge in [-0.1, -0.05) is 37.9 Å². The van der Waals surface area contributed by atoms with Crippen molar-refractivity contribution < 1.29 is 19.4 Å². The van der Waals surface area contributed by atoms with Gasteiger partial charge in [0.25, 0.3) is 0 Å². The largest absolute Gasteiger partial charge is 0.480 e. The molecule has 4 nitrogen and oxygen atoms in total. The average molecular weight is 352 g/mol. The number of halogens is 2. The molecule has 0 bridgehead atoms. The van der Waals surface area contributed by atoms with E-state index in [1.54, 1.807) is 12.1 Å². The number of aliphatic carboxylic acids is 1. The molecule has 0 saturated carbocycles. The topological polar surface area (TPSA) is 55.8 Å². The van der Waals surface area contributed by atoms with Crippen LogP contribution in [0.15, 0.2) is 18.2 Å². The summed E-state index contributed by atoms with van der Waals surface area (Å²) >= 11 is 6.44. The van der Waals surface area contributed by atoms with Crippen molar-refractivity contribution in [2.45, 2.75) is 9.65 Å². The van der Waals surface area contributed by atoms with Crippen LogP contribution < -0.4 is 9.47 Å². The molecule has 2 unspecified atom stereocenters. The van der Waals surface area contributed by atoms with Gasteiger partial charge in [0.2, 0.25) is 6.79 Å². The van der Waals surface area contributed by atoms with Gasteiger partial charge in [-0.15, -0.1) is 0 Å². The van der Waals surface area contributed by atoms with Crippen LogP contribution in [-0.4, -0.2) is 22.7 Å². The first-order valence-corrected chi connectivity index (χ1v) is 6.33. The molecular formula is C10H8Br2O4. The van der Waals surface area contributed by atoms with Crippen molar-refractivity contribution in [3.05, 3.63) is 23.8 Å². The van der Waals surface area contributed by atoms with Crippen molar-refractivity contribution >= 4 is 37.8 Å². The van der Waals surface area contributed by atoms with E-state index in [-0.39, 0.29) is 11.6 Å². The summed E-state index contributed by atoms with van der Waals surface area (Å²) in [6.07, 6.45) is 0. The third-order valence-corrected chi connectivity index (χ3v) is 4.90. The Morgan fingerprint density at radius 2 is 2.00 bits per heavy atom. The summed E-state index contributed by atoms with van der Waals surface area (Å²) in [4.78, 5) is 9.81. The number of fused-ring (bicyclic) bond motifs is 1. The molecule has 1 aromatic carbocycles. The molecule has 1 N–H and O–H groups in total. The van der Waals surface area contributed by atoms with Crippen LogP contribution in [0.3, 0.4) is 0 Å². The van der Waals surface area contributed by atoms with E-state index in [9.17, 15) is 4.79 Å². The lowest BCUT2D eigenvalue weighted by Gasteiger charge is -2.13. The molecule has 16 heavy (non-hydrogen) atoms. The Morgan fingerprint density at radius 3 is 2.69 bits per heavy atom. The fourth-order valence-corrected chi connectivity index (χ4v) is 2.19. The second-order valence-electron chi connectivity index (χ2n) is 3.25. The number of hydrogen-bond acceptors (Lipinski definition) is 3. The summed E-state index contributed by atoms with van der Waals surface area (Å²) in [5.74, 6) is 0.413. The molecule has 0 spiro atoms. The molecule has 0 aromatic heterocycles. The van der Waals surface area contributed by atoms with Crippen LogP contribution in [0.25, 0.3) is 0 Å². The zero-order valence-corrected chi connectivity index (χ0v) is 11.2. The molecule has 1 aliphatic heterocycles. The van der Waals surface area contributed by atoms with Crippen LogP contribution >= 0.6 is 31.9 Å². The molecule has 86 valence electrons. The van der Waals surface area contributed by atoms with Crippen molar-refractivity contribution in [1.29, 1.82) is 0 Å². The summed E-state index contributed by atoms with van der Waals surface area (Å²) in [7, 11) is 0. The van der Waals surface area contributed by atoms with Gasteiger partial charge in [-0.25, -0.2) is 0 Å². The smallest absolute Gasteiger partial charge is 0.318 e. The zero-order chi connectivity index (χ0) is 11.7. The van der Waals surface area contributed by atoms with E-state index >= 15 is 0 Å². The number of alkyl halides is 2. The summed E-state index contributed by atoms with van der Waals surface area (Å²) in [6.45, 7) is 0.211. The quantitative estimate of drug-likeness (QED) is 0.851. The third kappa shape index (κ3) is 2.17. The van der Waals surface area contributed by atoms with Crippen molar-refractivity contribution in [3.63, 3.8) is 0 Å². The molecule has 1 aliphatic rings. The third-order valence-electron chi connectivity index (χ3n) is 2.21. The van der Waals surface area contributed by atoms with Crippen molar-refractivity contribution in [2.75, 3.05) is 6.79 Å². The minimum atomic E-state index is -0.917. The Hall–Kier alpha value is -0.750. The maximum Gasteiger partial charge on any atom is 0.318 e. The van der Waals surface area contributed by atoms with Gasteiger partial charge in [0.1, 0.15) is 4.83 Å². The van der Waals surface area contributed by atoms with E-state index in [2.05, 4.69) is 31.9 Å². The molecular weight excluding hydrogens is 344 g/mol. The first-order chi connectivity index (χ1) is 7.59. The highest BCUT2D eigenvalue weighted by Gasteiger charge is 2.26. The molecule has 2 atom stereocenters. The van der Waals surface area contributed by atoms with Gasteiger partial charge in [0.05, 0.1) is 4.83 Å². The van der Waals surface area contributed by atoms with Gasteiger partial charge in [-0.2, -0.15) is 0 Å². The molecule has 6 heteroatoms. The number of carboxylic acid groups (broad SMARTS) is 1. The molecule has 0 aliphatic carbocycles. The Bertz CT molecular complexity index is 421. The summed E-state index contributed by atoms with van der Waals surface area (Å²) < 4.78 is 10.4. The Morgan fingerprint density at radius 1 is 1.31 bits per heavy atom. The van der Waals surface area contributed by atoms with E-state index < -0.39 is 10.8 Å². The standard InChI is InChI=1S/C10H8Br2O4/c11-8(9(12)10(13)14)5-1-2-6-7(3-5)16-4-15-6/h1-3,8-9H,4H2,(H,13,14). The van der Waals surface area contributed by atoms with Crippen LogP contribution in [0.1, 0.15) is 10.4 Å². The number of hydrogen-bond donors (Lipinski definition) is 1. The summed E-state index contributed by atoms with van der Waals surface area (Å²) in [6, 6.07) is 5.36. The number of ether oxygens (including phenoxy) is 2. The van der Waals surface area contributed by atoms with Gasteiger partial charge < -0.3 is 14.6 Å². The minimum Gasteiger partial charge on any atom is -0.480 e. The number of carbonyl (C=O) groups is 1. The monoisotopic (exact) mass is 350 g/mol.